The molecule has 1 rings (SSSR count). The monoisotopic (exact) mass is 341 g/mol. The van der Waals surface area contributed by atoms with E-state index in [1.807, 2.05) is 13.8 Å². The van der Waals surface area contributed by atoms with Gasteiger partial charge in [-0.05, 0) is 25.2 Å². The van der Waals surface area contributed by atoms with Crippen LogP contribution in [0.5, 0.6) is 0 Å². The first-order valence-corrected chi connectivity index (χ1v) is 8.36. The first-order chi connectivity index (χ1) is 11.3. The Morgan fingerprint density at radius 3 is 2.50 bits per heavy atom. The summed E-state index contributed by atoms with van der Waals surface area (Å²) in [5.41, 5.74) is 0. The van der Waals surface area contributed by atoms with Gasteiger partial charge in [0.1, 0.15) is 6.04 Å². The minimum atomic E-state index is -1.10. The van der Waals surface area contributed by atoms with E-state index in [0.717, 1.165) is 19.3 Å². The highest BCUT2D eigenvalue weighted by Crippen LogP contribution is 2.10. The molecule has 3 amide bonds. The molecular formula is C16H27N3O5. The zero-order chi connectivity index (χ0) is 18.1. The van der Waals surface area contributed by atoms with Crippen LogP contribution in [0.2, 0.25) is 0 Å². The normalized spacial score (nSPS) is 16.5. The number of hydrogen-bond acceptors (Lipinski definition) is 4. The lowest BCUT2D eigenvalue weighted by atomic mass is 10.0. The number of hydrogen-bond donors (Lipinski definition) is 3. The molecule has 0 saturated carbocycles. The Morgan fingerprint density at radius 2 is 1.88 bits per heavy atom. The average Bonchev–Trinajstić information content (AvgIpc) is 2.69. The number of rotatable bonds is 8. The van der Waals surface area contributed by atoms with E-state index >= 15 is 0 Å². The smallest absolute Gasteiger partial charge is 0.326 e. The molecule has 1 saturated heterocycles. The third-order valence-electron chi connectivity index (χ3n) is 3.79. The largest absolute Gasteiger partial charge is 0.480 e. The molecule has 1 heterocycles. The van der Waals surface area contributed by atoms with Crippen molar-refractivity contribution in [2.24, 2.45) is 5.92 Å². The van der Waals surface area contributed by atoms with Gasteiger partial charge in [-0.3, -0.25) is 14.4 Å². The van der Waals surface area contributed by atoms with Crippen LogP contribution in [0.15, 0.2) is 0 Å². The fraction of sp³-hybridized carbons (Fsp3) is 0.750. The van der Waals surface area contributed by atoms with E-state index in [2.05, 4.69) is 10.6 Å². The van der Waals surface area contributed by atoms with Gasteiger partial charge in [0.25, 0.3) is 0 Å². The van der Waals surface area contributed by atoms with Crippen LogP contribution >= 0.6 is 0 Å². The molecule has 0 unspecified atom stereocenters. The maximum absolute atomic E-state index is 11.9. The summed E-state index contributed by atoms with van der Waals surface area (Å²) in [5.74, 6) is -2.00. The quantitative estimate of drug-likeness (QED) is 0.580. The van der Waals surface area contributed by atoms with Crippen LogP contribution in [-0.2, 0) is 19.2 Å². The Balaban J connectivity index is 2.38. The Hall–Kier alpha value is -2.12. The summed E-state index contributed by atoms with van der Waals surface area (Å²) in [5, 5.41) is 13.9. The second-order valence-electron chi connectivity index (χ2n) is 6.49. The molecular weight excluding hydrogens is 314 g/mol. The van der Waals surface area contributed by atoms with Crippen molar-refractivity contribution < 1.29 is 24.3 Å². The summed E-state index contributed by atoms with van der Waals surface area (Å²) in [6, 6.07) is -0.971. The SMILES string of the molecule is CC(C)C[C@H](NC(=O)CNC(=O)CN1CCCCCC1=O)C(=O)O. The van der Waals surface area contributed by atoms with Crippen LogP contribution in [0.1, 0.15) is 46.0 Å². The number of carbonyl (C=O) groups is 4. The lowest BCUT2D eigenvalue weighted by Gasteiger charge is -2.20. The third-order valence-corrected chi connectivity index (χ3v) is 3.79. The van der Waals surface area contributed by atoms with Crippen molar-refractivity contribution in [3.63, 3.8) is 0 Å². The van der Waals surface area contributed by atoms with Crippen molar-refractivity contribution in [3.8, 4) is 0 Å². The predicted molar refractivity (Wildman–Crippen MR) is 87.1 cm³/mol. The number of carbonyl (C=O) groups excluding carboxylic acids is 3. The van der Waals surface area contributed by atoms with Crippen molar-refractivity contribution in [1.29, 1.82) is 0 Å². The Bertz CT molecular complexity index is 462. The van der Waals surface area contributed by atoms with Gasteiger partial charge in [0.2, 0.25) is 17.7 Å². The van der Waals surface area contributed by atoms with E-state index in [1.165, 1.54) is 4.90 Å². The van der Waals surface area contributed by atoms with Gasteiger partial charge in [0.15, 0.2) is 0 Å². The van der Waals surface area contributed by atoms with Gasteiger partial charge in [-0.15, -0.1) is 0 Å². The Kier molecular flexibility index (Phi) is 8.21. The molecule has 0 radical (unpaired) electrons. The first kappa shape index (κ1) is 19.9. The van der Waals surface area contributed by atoms with Crippen LogP contribution in [0.3, 0.4) is 0 Å². The first-order valence-electron chi connectivity index (χ1n) is 8.36. The van der Waals surface area contributed by atoms with E-state index in [1.54, 1.807) is 0 Å². The van der Waals surface area contributed by atoms with Crippen LogP contribution in [0.25, 0.3) is 0 Å². The highest BCUT2D eigenvalue weighted by atomic mass is 16.4. The highest BCUT2D eigenvalue weighted by molar-refractivity contribution is 5.89. The zero-order valence-corrected chi connectivity index (χ0v) is 14.3. The second-order valence-corrected chi connectivity index (χ2v) is 6.49. The molecule has 1 fully saturated rings. The maximum atomic E-state index is 11.9. The summed E-state index contributed by atoms with van der Waals surface area (Å²) in [7, 11) is 0. The molecule has 1 aliphatic rings. The number of amides is 3. The topological polar surface area (TPSA) is 116 Å². The maximum Gasteiger partial charge on any atom is 0.326 e. The number of likely N-dealkylation sites (tertiary alicyclic amines) is 1. The predicted octanol–water partition coefficient (Wildman–Crippen LogP) is 0.121. The summed E-state index contributed by atoms with van der Waals surface area (Å²) < 4.78 is 0. The van der Waals surface area contributed by atoms with Crippen molar-refractivity contribution >= 4 is 23.7 Å². The average molecular weight is 341 g/mol. The van der Waals surface area contributed by atoms with Gasteiger partial charge >= 0.3 is 5.97 Å². The minimum absolute atomic E-state index is 0.0463. The molecule has 3 N–H and O–H groups in total. The fourth-order valence-electron chi connectivity index (χ4n) is 2.55. The third kappa shape index (κ3) is 7.43. The van der Waals surface area contributed by atoms with E-state index < -0.39 is 23.8 Å². The highest BCUT2D eigenvalue weighted by Gasteiger charge is 2.22. The summed E-state index contributed by atoms with van der Waals surface area (Å²) in [6.45, 7) is 3.90. The van der Waals surface area contributed by atoms with Crippen molar-refractivity contribution in [1.82, 2.24) is 15.5 Å². The molecule has 0 aromatic rings. The number of nitrogens with one attached hydrogen (secondary N) is 2. The van der Waals surface area contributed by atoms with Gasteiger partial charge < -0.3 is 20.6 Å². The molecule has 0 spiro atoms. The molecule has 1 atom stereocenters. The number of carboxylic acid groups (broad SMARTS) is 1. The van der Waals surface area contributed by atoms with E-state index in [9.17, 15) is 19.2 Å². The zero-order valence-electron chi connectivity index (χ0n) is 14.3. The molecule has 136 valence electrons. The lowest BCUT2D eigenvalue weighted by Crippen LogP contribution is -2.48. The van der Waals surface area contributed by atoms with E-state index in [4.69, 9.17) is 5.11 Å². The van der Waals surface area contributed by atoms with Gasteiger partial charge in [0, 0.05) is 13.0 Å². The summed E-state index contributed by atoms with van der Waals surface area (Å²) >= 11 is 0. The van der Waals surface area contributed by atoms with Crippen molar-refractivity contribution in [3.05, 3.63) is 0 Å². The van der Waals surface area contributed by atoms with Crippen LogP contribution < -0.4 is 10.6 Å². The number of carboxylic acids is 1. The van der Waals surface area contributed by atoms with E-state index in [0.29, 0.717) is 19.4 Å². The van der Waals surface area contributed by atoms with Crippen LogP contribution in [-0.4, -0.2) is 59.4 Å². The van der Waals surface area contributed by atoms with Crippen molar-refractivity contribution in [2.45, 2.75) is 52.0 Å². The Labute approximate surface area is 142 Å². The summed E-state index contributed by atoms with van der Waals surface area (Å²) in [4.78, 5) is 48.1. The van der Waals surface area contributed by atoms with Gasteiger partial charge in [0.05, 0.1) is 13.1 Å². The number of nitrogens with zero attached hydrogens (tertiary/aromatic N) is 1. The molecule has 1 aliphatic heterocycles. The molecule has 8 nitrogen and oxygen atoms in total. The summed E-state index contributed by atoms with van der Waals surface area (Å²) in [6.07, 6.45) is 3.44. The fourth-order valence-corrected chi connectivity index (χ4v) is 2.55. The molecule has 24 heavy (non-hydrogen) atoms. The molecule has 8 heteroatoms. The number of aliphatic carboxylic acids is 1. The van der Waals surface area contributed by atoms with Crippen molar-refractivity contribution in [2.75, 3.05) is 19.6 Å². The van der Waals surface area contributed by atoms with Crippen LogP contribution in [0.4, 0.5) is 0 Å². The van der Waals surface area contributed by atoms with Gasteiger partial charge in [-0.1, -0.05) is 20.3 Å². The molecule has 0 aliphatic carbocycles. The van der Waals surface area contributed by atoms with Gasteiger partial charge in [-0.25, -0.2) is 4.79 Å². The van der Waals surface area contributed by atoms with Gasteiger partial charge in [-0.2, -0.15) is 0 Å². The second kappa shape index (κ2) is 9.89. The van der Waals surface area contributed by atoms with E-state index in [-0.39, 0.29) is 24.9 Å². The Morgan fingerprint density at radius 1 is 1.17 bits per heavy atom. The molecule has 0 aromatic heterocycles. The van der Waals surface area contributed by atoms with Crippen LogP contribution in [0, 0.1) is 5.92 Å². The molecule has 0 aromatic carbocycles. The molecule has 0 bridgehead atoms. The lowest BCUT2D eigenvalue weighted by molar-refractivity contribution is -0.142. The standard InChI is InChI=1S/C16H27N3O5/c1-11(2)8-12(16(23)24)18-13(20)9-17-14(21)10-19-7-5-3-4-6-15(19)22/h11-12H,3-10H2,1-2H3,(H,17,21)(H,18,20)(H,23,24)/t12-/m0/s1. The minimum Gasteiger partial charge on any atom is -0.480 e.